The van der Waals surface area contributed by atoms with Crippen molar-refractivity contribution in [3.63, 3.8) is 0 Å². The second kappa shape index (κ2) is 3.39. The van der Waals surface area contributed by atoms with Gasteiger partial charge in [0.05, 0.1) is 0 Å². The Hall–Kier alpha value is -1.02. The number of hydrogen-bond donors (Lipinski definition) is 0. The van der Waals surface area contributed by atoms with Gasteiger partial charge in [-0.15, -0.1) is 0 Å². The molecule has 0 bridgehead atoms. The number of allylic oxidation sites excluding steroid dienone is 1. The fraction of sp³-hybridized carbons (Fsp3) is 0.111. The van der Waals surface area contributed by atoms with Crippen LogP contribution in [0.4, 0.5) is 0 Å². The van der Waals surface area contributed by atoms with Crippen molar-refractivity contribution in [1.82, 2.24) is 0 Å². The summed E-state index contributed by atoms with van der Waals surface area (Å²) >= 11 is 0. The van der Waals surface area contributed by atoms with E-state index < -0.39 is 0 Å². The molecule has 0 aliphatic rings. The summed E-state index contributed by atoms with van der Waals surface area (Å²) in [7, 11) is 2.96. The summed E-state index contributed by atoms with van der Waals surface area (Å²) in [6.45, 7) is 5.79. The summed E-state index contributed by atoms with van der Waals surface area (Å²) in [5, 5.41) is 0. The Kier molecular flexibility index (Phi) is 2.49. The summed E-state index contributed by atoms with van der Waals surface area (Å²) in [4.78, 5) is 0. The number of benzene rings is 1. The van der Waals surface area contributed by atoms with Crippen LogP contribution in [0.5, 0.6) is 5.75 Å². The van der Waals surface area contributed by atoms with Crippen molar-refractivity contribution in [3.8, 4) is 5.75 Å². The molecule has 11 heavy (non-hydrogen) atoms. The molecular weight excluding hydrogens is 152 g/mol. The molecule has 0 aromatic heterocycles. The molecule has 1 rings (SSSR count). The molecule has 0 heterocycles. The van der Waals surface area contributed by atoms with E-state index in [-0.39, 0.29) is 0 Å². The van der Waals surface area contributed by atoms with Crippen LogP contribution < -0.4 is 4.43 Å². The molecule has 0 atom stereocenters. The van der Waals surface area contributed by atoms with Crippen LogP contribution in [0.3, 0.4) is 0 Å². The molecule has 1 nitrogen and oxygen atoms in total. The quantitative estimate of drug-likeness (QED) is 0.604. The van der Waals surface area contributed by atoms with Crippen molar-refractivity contribution in [2.75, 3.05) is 0 Å². The largest absolute Gasteiger partial charge is 0.540 e. The number of rotatable bonds is 2. The van der Waals surface area contributed by atoms with Gasteiger partial charge in [0.15, 0.2) is 0 Å². The maximum atomic E-state index is 4.87. The molecule has 0 unspecified atom stereocenters. The van der Waals surface area contributed by atoms with Crippen LogP contribution in [0.25, 0.3) is 5.57 Å². The molecule has 1 aromatic rings. The van der Waals surface area contributed by atoms with Crippen molar-refractivity contribution < 1.29 is 4.43 Å². The average molecular weight is 161 g/mol. The second-order valence-electron chi connectivity index (χ2n) is 2.41. The minimum Gasteiger partial charge on any atom is -0.540 e. The predicted octanol–water partition coefficient (Wildman–Crippen LogP) is 2.18. The van der Waals surface area contributed by atoms with Crippen molar-refractivity contribution in [3.05, 3.63) is 36.4 Å². The lowest BCUT2D eigenvalue weighted by atomic mass is 10.1. The summed E-state index contributed by atoms with van der Waals surface area (Å²) in [5.74, 6) is 0.794. The Bertz CT molecular complexity index is 268. The Morgan fingerprint density at radius 2 is 2.27 bits per heavy atom. The standard InChI is InChI=1S/C9H9OSi/c1-7(2)8-4-3-5-9(6-8)10-11/h3-6H,1H2,2H3. The summed E-state index contributed by atoms with van der Waals surface area (Å²) in [6.07, 6.45) is 0. The lowest BCUT2D eigenvalue weighted by molar-refractivity contribution is 0.616. The maximum Gasteiger partial charge on any atom is 0.341 e. The fourth-order valence-corrected chi connectivity index (χ4v) is 0.952. The van der Waals surface area contributed by atoms with Gasteiger partial charge < -0.3 is 4.43 Å². The van der Waals surface area contributed by atoms with E-state index in [0.29, 0.717) is 0 Å². The molecular formula is C9H9OSi. The van der Waals surface area contributed by atoms with Crippen LogP contribution in [0, 0.1) is 0 Å². The van der Waals surface area contributed by atoms with E-state index in [1.54, 1.807) is 0 Å². The minimum absolute atomic E-state index is 0.794. The third-order valence-electron chi connectivity index (χ3n) is 1.44. The molecule has 0 N–H and O–H groups in total. The summed E-state index contributed by atoms with van der Waals surface area (Å²) in [5.41, 5.74) is 2.14. The Morgan fingerprint density at radius 1 is 1.55 bits per heavy atom. The highest BCUT2D eigenvalue weighted by molar-refractivity contribution is 6.00. The zero-order valence-corrected chi connectivity index (χ0v) is 7.42. The SMILES string of the molecule is C=C(C)c1cccc(O[Si])c1. The minimum atomic E-state index is 0.794. The molecule has 0 saturated carbocycles. The van der Waals surface area contributed by atoms with Gasteiger partial charge in [0.1, 0.15) is 5.75 Å². The predicted molar refractivity (Wildman–Crippen MR) is 47.5 cm³/mol. The Labute approximate surface area is 70.2 Å². The highest BCUT2D eigenvalue weighted by atomic mass is 28.2. The molecule has 2 heteroatoms. The smallest absolute Gasteiger partial charge is 0.341 e. The van der Waals surface area contributed by atoms with Gasteiger partial charge >= 0.3 is 10.5 Å². The van der Waals surface area contributed by atoms with Crippen LogP contribution in [0.15, 0.2) is 30.8 Å². The third-order valence-corrected chi connectivity index (χ3v) is 1.68. The molecule has 0 fully saturated rings. The van der Waals surface area contributed by atoms with E-state index >= 15 is 0 Å². The summed E-state index contributed by atoms with van der Waals surface area (Å²) in [6, 6.07) is 7.73. The zero-order chi connectivity index (χ0) is 8.27. The van der Waals surface area contributed by atoms with E-state index in [1.165, 1.54) is 0 Å². The molecule has 0 spiro atoms. The van der Waals surface area contributed by atoms with Gasteiger partial charge in [-0.25, -0.2) is 0 Å². The lowest BCUT2D eigenvalue weighted by Crippen LogP contribution is -1.85. The van der Waals surface area contributed by atoms with Crippen molar-refractivity contribution >= 4 is 16.1 Å². The third kappa shape index (κ3) is 1.95. The highest BCUT2D eigenvalue weighted by Gasteiger charge is 1.94. The lowest BCUT2D eigenvalue weighted by Gasteiger charge is -2.02. The molecule has 0 aliphatic carbocycles. The number of hydrogen-bond acceptors (Lipinski definition) is 1. The van der Waals surface area contributed by atoms with E-state index in [2.05, 4.69) is 17.1 Å². The second-order valence-corrected chi connectivity index (χ2v) is 2.61. The van der Waals surface area contributed by atoms with E-state index in [9.17, 15) is 0 Å². The van der Waals surface area contributed by atoms with E-state index in [1.807, 2.05) is 31.2 Å². The van der Waals surface area contributed by atoms with Gasteiger partial charge in [0, 0.05) is 0 Å². The van der Waals surface area contributed by atoms with Crippen LogP contribution in [-0.4, -0.2) is 10.5 Å². The van der Waals surface area contributed by atoms with Crippen LogP contribution in [0.1, 0.15) is 12.5 Å². The highest BCUT2D eigenvalue weighted by Crippen LogP contribution is 2.17. The first-order chi connectivity index (χ1) is 5.24. The van der Waals surface area contributed by atoms with E-state index in [0.717, 1.165) is 16.9 Å². The first-order valence-electron chi connectivity index (χ1n) is 3.33. The first kappa shape index (κ1) is 8.08. The fourth-order valence-electron chi connectivity index (χ4n) is 0.825. The maximum absolute atomic E-state index is 4.87. The summed E-state index contributed by atoms with van der Waals surface area (Å²) < 4.78 is 4.87. The molecule has 3 radical (unpaired) electrons. The van der Waals surface area contributed by atoms with Gasteiger partial charge in [0.25, 0.3) is 0 Å². The first-order valence-corrected chi connectivity index (χ1v) is 3.74. The molecule has 0 saturated heterocycles. The average Bonchev–Trinajstić information content (AvgIpc) is 2.05. The molecule has 0 aliphatic heterocycles. The Morgan fingerprint density at radius 3 is 2.82 bits per heavy atom. The topological polar surface area (TPSA) is 9.23 Å². The normalized spacial score (nSPS) is 9.27. The van der Waals surface area contributed by atoms with Gasteiger partial charge in [0.2, 0.25) is 0 Å². The van der Waals surface area contributed by atoms with Crippen molar-refractivity contribution in [2.24, 2.45) is 0 Å². The van der Waals surface area contributed by atoms with Gasteiger partial charge in [-0.2, -0.15) is 0 Å². The van der Waals surface area contributed by atoms with E-state index in [4.69, 9.17) is 4.43 Å². The van der Waals surface area contributed by atoms with Crippen molar-refractivity contribution in [1.29, 1.82) is 0 Å². The zero-order valence-electron chi connectivity index (χ0n) is 6.42. The molecule has 0 amide bonds. The monoisotopic (exact) mass is 161 g/mol. The van der Waals surface area contributed by atoms with Gasteiger partial charge in [-0.3, -0.25) is 0 Å². The van der Waals surface area contributed by atoms with Crippen molar-refractivity contribution in [2.45, 2.75) is 6.92 Å². The molecule has 1 aromatic carbocycles. The Balaban J connectivity index is 3.01. The van der Waals surface area contributed by atoms with Gasteiger partial charge in [-0.05, 0) is 24.6 Å². The van der Waals surface area contributed by atoms with Gasteiger partial charge in [-0.1, -0.05) is 24.3 Å². The molecule has 55 valence electrons. The van der Waals surface area contributed by atoms with Crippen LogP contribution in [-0.2, 0) is 0 Å². The van der Waals surface area contributed by atoms with Crippen LogP contribution >= 0.6 is 0 Å². The van der Waals surface area contributed by atoms with Crippen LogP contribution in [0.2, 0.25) is 0 Å².